The van der Waals surface area contributed by atoms with Crippen LogP contribution in [0.25, 0.3) is 0 Å². The molecule has 3 nitrogen and oxygen atoms in total. The summed E-state index contributed by atoms with van der Waals surface area (Å²) in [5.41, 5.74) is 4.13. The Bertz CT molecular complexity index is 590. The van der Waals surface area contributed by atoms with Crippen LogP contribution in [0.15, 0.2) is 48.5 Å². The summed E-state index contributed by atoms with van der Waals surface area (Å²) in [7, 11) is 0. The van der Waals surface area contributed by atoms with E-state index in [-0.39, 0.29) is 12.5 Å². The molecule has 0 aliphatic heterocycles. The highest BCUT2D eigenvalue weighted by molar-refractivity contribution is 5.92. The number of carbonyl (C=O) groups is 1. The second-order valence-corrected chi connectivity index (χ2v) is 5.24. The summed E-state index contributed by atoms with van der Waals surface area (Å²) in [5, 5.41) is 11.8. The van der Waals surface area contributed by atoms with Crippen molar-refractivity contribution in [1.29, 1.82) is 0 Å². The topological polar surface area (TPSA) is 49.3 Å². The number of benzene rings is 2. The van der Waals surface area contributed by atoms with Crippen molar-refractivity contribution in [2.24, 2.45) is 0 Å². The van der Waals surface area contributed by atoms with Gasteiger partial charge in [-0.15, -0.1) is 0 Å². The first kappa shape index (κ1) is 15.3. The van der Waals surface area contributed by atoms with E-state index in [4.69, 9.17) is 5.11 Å². The second-order valence-electron chi connectivity index (χ2n) is 5.24. The van der Waals surface area contributed by atoms with Gasteiger partial charge in [0.05, 0.1) is 6.42 Å². The van der Waals surface area contributed by atoms with Gasteiger partial charge in [0.1, 0.15) is 0 Å². The van der Waals surface area contributed by atoms with E-state index in [1.165, 1.54) is 5.56 Å². The van der Waals surface area contributed by atoms with Crippen LogP contribution in [0, 0.1) is 6.92 Å². The van der Waals surface area contributed by atoms with Crippen molar-refractivity contribution < 1.29 is 9.90 Å². The summed E-state index contributed by atoms with van der Waals surface area (Å²) in [5.74, 6) is -0.0156. The molecule has 21 heavy (non-hydrogen) atoms. The molecule has 0 radical (unpaired) electrons. The predicted octanol–water partition coefficient (Wildman–Crippen LogP) is 3.10. The maximum atomic E-state index is 12.0. The molecule has 2 aromatic carbocycles. The van der Waals surface area contributed by atoms with E-state index >= 15 is 0 Å². The molecule has 0 saturated heterocycles. The van der Waals surface area contributed by atoms with Crippen molar-refractivity contribution in [3.8, 4) is 0 Å². The molecule has 0 atom stereocenters. The molecular weight excluding hydrogens is 262 g/mol. The molecule has 0 saturated carbocycles. The van der Waals surface area contributed by atoms with Crippen molar-refractivity contribution >= 4 is 11.6 Å². The molecule has 2 aromatic rings. The summed E-state index contributed by atoms with van der Waals surface area (Å²) >= 11 is 0. The maximum Gasteiger partial charge on any atom is 0.228 e. The molecule has 1 amide bonds. The Morgan fingerprint density at radius 1 is 1.10 bits per heavy atom. The highest BCUT2D eigenvalue weighted by Crippen LogP contribution is 2.13. The van der Waals surface area contributed by atoms with E-state index < -0.39 is 0 Å². The van der Waals surface area contributed by atoms with Gasteiger partial charge < -0.3 is 10.4 Å². The summed E-state index contributed by atoms with van der Waals surface area (Å²) in [4.78, 5) is 12.0. The quantitative estimate of drug-likeness (QED) is 0.856. The van der Waals surface area contributed by atoms with Crippen LogP contribution >= 0.6 is 0 Å². The van der Waals surface area contributed by atoms with Crippen molar-refractivity contribution in [2.45, 2.75) is 26.2 Å². The first-order valence-corrected chi connectivity index (χ1v) is 7.22. The number of carbonyl (C=O) groups excluding carboxylic acids is 1. The predicted molar refractivity (Wildman–Crippen MR) is 85.4 cm³/mol. The first-order valence-electron chi connectivity index (χ1n) is 7.22. The van der Waals surface area contributed by atoms with Gasteiger partial charge in [0, 0.05) is 12.3 Å². The third kappa shape index (κ3) is 5.04. The number of hydrogen-bond acceptors (Lipinski definition) is 2. The van der Waals surface area contributed by atoms with E-state index in [0.29, 0.717) is 6.42 Å². The number of hydrogen-bond donors (Lipinski definition) is 2. The molecule has 0 spiro atoms. The largest absolute Gasteiger partial charge is 0.396 e. The molecule has 2 N–H and O–H groups in total. The molecule has 0 unspecified atom stereocenters. The lowest BCUT2D eigenvalue weighted by atomic mass is 10.1. The lowest BCUT2D eigenvalue weighted by molar-refractivity contribution is -0.115. The maximum absolute atomic E-state index is 12.0. The van der Waals surface area contributed by atoms with Crippen LogP contribution in [0.3, 0.4) is 0 Å². The minimum atomic E-state index is -0.0156. The van der Waals surface area contributed by atoms with Crippen molar-refractivity contribution in [3.05, 3.63) is 65.2 Å². The molecule has 0 aromatic heterocycles. The van der Waals surface area contributed by atoms with E-state index in [1.54, 1.807) is 0 Å². The minimum Gasteiger partial charge on any atom is -0.396 e. The molecule has 3 heteroatoms. The smallest absolute Gasteiger partial charge is 0.228 e. The number of rotatable bonds is 6. The fourth-order valence-electron chi connectivity index (χ4n) is 2.18. The zero-order chi connectivity index (χ0) is 15.1. The van der Waals surface area contributed by atoms with Crippen LogP contribution in [0.4, 0.5) is 5.69 Å². The van der Waals surface area contributed by atoms with Gasteiger partial charge in [0.25, 0.3) is 0 Å². The van der Waals surface area contributed by atoms with Crippen LogP contribution in [-0.4, -0.2) is 17.6 Å². The molecule has 110 valence electrons. The fourth-order valence-corrected chi connectivity index (χ4v) is 2.18. The van der Waals surface area contributed by atoms with Gasteiger partial charge in [0.15, 0.2) is 0 Å². The van der Waals surface area contributed by atoms with Gasteiger partial charge in [-0.1, -0.05) is 42.0 Å². The Balaban J connectivity index is 1.94. The monoisotopic (exact) mass is 283 g/mol. The first-order chi connectivity index (χ1) is 10.2. The highest BCUT2D eigenvalue weighted by atomic mass is 16.2. The van der Waals surface area contributed by atoms with Gasteiger partial charge >= 0.3 is 0 Å². The number of aryl methyl sites for hydroxylation is 2. The Morgan fingerprint density at radius 2 is 1.86 bits per heavy atom. The van der Waals surface area contributed by atoms with Gasteiger partial charge in [-0.25, -0.2) is 0 Å². The molecule has 0 aliphatic rings. The number of aliphatic hydroxyl groups is 1. The van der Waals surface area contributed by atoms with Crippen LogP contribution in [0.1, 0.15) is 23.1 Å². The van der Waals surface area contributed by atoms with Crippen LogP contribution < -0.4 is 5.32 Å². The zero-order valence-electron chi connectivity index (χ0n) is 12.3. The summed E-state index contributed by atoms with van der Waals surface area (Å²) in [6.07, 6.45) is 1.93. The Morgan fingerprint density at radius 3 is 2.57 bits per heavy atom. The van der Waals surface area contributed by atoms with E-state index in [0.717, 1.165) is 29.7 Å². The summed E-state index contributed by atoms with van der Waals surface area (Å²) < 4.78 is 0. The Hall–Kier alpha value is -2.13. The van der Waals surface area contributed by atoms with E-state index in [1.807, 2.05) is 55.5 Å². The number of amides is 1. The summed E-state index contributed by atoms with van der Waals surface area (Å²) in [6.45, 7) is 2.21. The summed E-state index contributed by atoms with van der Waals surface area (Å²) in [6, 6.07) is 15.8. The van der Waals surface area contributed by atoms with Gasteiger partial charge in [-0.3, -0.25) is 4.79 Å². The van der Waals surface area contributed by atoms with Crippen LogP contribution in [0.2, 0.25) is 0 Å². The van der Waals surface area contributed by atoms with Crippen molar-refractivity contribution in [1.82, 2.24) is 0 Å². The fraction of sp³-hybridized carbons (Fsp3) is 0.278. The molecular formula is C18H21NO2. The number of anilines is 1. The molecule has 0 aliphatic carbocycles. The van der Waals surface area contributed by atoms with Gasteiger partial charge in [-0.2, -0.15) is 0 Å². The van der Waals surface area contributed by atoms with E-state index in [2.05, 4.69) is 5.32 Å². The normalized spacial score (nSPS) is 10.4. The number of nitrogens with one attached hydrogen (secondary N) is 1. The van der Waals surface area contributed by atoms with Crippen molar-refractivity contribution in [2.75, 3.05) is 11.9 Å². The second kappa shape index (κ2) is 7.60. The third-order valence-corrected chi connectivity index (χ3v) is 3.32. The molecule has 2 rings (SSSR count). The minimum absolute atomic E-state index is 0.0156. The lowest BCUT2D eigenvalue weighted by Gasteiger charge is -2.07. The van der Waals surface area contributed by atoms with Gasteiger partial charge in [0.2, 0.25) is 5.91 Å². The van der Waals surface area contributed by atoms with E-state index in [9.17, 15) is 4.79 Å². The average molecular weight is 283 g/mol. The standard InChI is InChI=1S/C18H21NO2/c1-14-7-9-16(10-8-14)13-18(21)19-17-6-2-4-15(12-17)5-3-11-20/h2,4,6-10,12,20H,3,5,11,13H2,1H3,(H,19,21). The zero-order valence-corrected chi connectivity index (χ0v) is 12.3. The molecule has 0 bridgehead atoms. The molecule has 0 heterocycles. The SMILES string of the molecule is Cc1ccc(CC(=O)Nc2cccc(CCCO)c2)cc1. The highest BCUT2D eigenvalue weighted by Gasteiger charge is 2.04. The number of aliphatic hydroxyl groups excluding tert-OH is 1. The average Bonchev–Trinajstić information content (AvgIpc) is 2.48. The van der Waals surface area contributed by atoms with Crippen LogP contribution in [-0.2, 0) is 17.6 Å². The molecule has 0 fully saturated rings. The third-order valence-electron chi connectivity index (χ3n) is 3.32. The van der Waals surface area contributed by atoms with Crippen molar-refractivity contribution in [3.63, 3.8) is 0 Å². The Kier molecular flexibility index (Phi) is 5.52. The lowest BCUT2D eigenvalue weighted by Crippen LogP contribution is -2.14. The van der Waals surface area contributed by atoms with Gasteiger partial charge in [-0.05, 0) is 43.0 Å². The Labute approximate surface area is 125 Å². The van der Waals surface area contributed by atoms with Crippen LogP contribution in [0.5, 0.6) is 0 Å².